The molecule has 2 N–H and O–H groups in total. The first kappa shape index (κ1) is 18.7. The summed E-state index contributed by atoms with van der Waals surface area (Å²) in [4.78, 5) is 44.5. The normalized spacial score (nSPS) is 21.7. The van der Waals surface area contributed by atoms with Crippen molar-refractivity contribution in [2.75, 3.05) is 61.4 Å². The summed E-state index contributed by atoms with van der Waals surface area (Å²) < 4.78 is 0. The molecule has 30 heavy (non-hydrogen) atoms. The molecule has 2 fully saturated rings. The third-order valence-electron chi connectivity index (χ3n) is 5.91. The van der Waals surface area contributed by atoms with Gasteiger partial charge in [-0.2, -0.15) is 4.98 Å². The molecule has 5 rings (SSSR count). The molecule has 1 unspecified atom stereocenters. The number of Topliss-reactive ketones (excluding diaryl/α,β-unsaturated/α-hetero) is 1. The highest BCUT2D eigenvalue weighted by molar-refractivity contribution is 6.07. The van der Waals surface area contributed by atoms with Gasteiger partial charge in [-0.1, -0.05) is 0 Å². The number of piperazine rings is 2. The van der Waals surface area contributed by atoms with Crippen molar-refractivity contribution in [3.8, 4) is 0 Å². The van der Waals surface area contributed by atoms with Crippen LogP contribution in [0.5, 0.6) is 0 Å². The van der Waals surface area contributed by atoms with Crippen molar-refractivity contribution in [1.29, 1.82) is 0 Å². The van der Waals surface area contributed by atoms with Crippen LogP contribution in [0.4, 0.5) is 23.3 Å². The highest BCUT2D eigenvalue weighted by atomic mass is 16.2. The van der Waals surface area contributed by atoms with Gasteiger partial charge >= 0.3 is 0 Å². The van der Waals surface area contributed by atoms with E-state index in [1.54, 1.807) is 0 Å². The fourth-order valence-electron chi connectivity index (χ4n) is 4.13. The molecule has 10 heteroatoms. The number of anilines is 4. The first-order chi connectivity index (χ1) is 14.6. The molecule has 2 aromatic rings. The van der Waals surface area contributed by atoms with Crippen molar-refractivity contribution >= 4 is 35.0 Å². The molecule has 1 atom stereocenters. The zero-order valence-electron chi connectivity index (χ0n) is 16.8. The van der Waals surface area contributed by atoms with Crippen LogP contribution in [0.1, 0.15) is 16.8 Å². The molecule has 0 spiro atoms. The monoisotopic (exact) mass is 408 g/mol. The summed E-state index contributed by atoms with van der Waals surface area (Å²) in [5.41, 5.74) is 1.55. The molecule has 3 aliphatic rings. The standard InChI is InChI=1S/C20H24N8O2/c1-26-6-8-27(9-7-26)13-2-3-17(22-11-13)24-20-23-12-14-16(29)10-15-19(30)21-4-5-28(15)18(14)25-20/h2-3,11-12,15H,4-10H2,1H3,(H,21,30)(H,22,23,24,25). The number of ketones is 1. The van der Waals surface area contributed by atoms with Crippen LogP contribution in [0, 0.1) is 0 Å². The van der Waals surface area contributed by atoms with Crippen molar-refractivity contribution < 1.29 is 9.59 Å². The molecule has 1 amide bonds. The molecule has 3 aliphatic heterocycles. The Labute approximate surface area is 174 Å². The highest BCUT2D eigenvalue weighted by Crippen LogP contribution is 2.31. The van der Waals surface area contributed by atoms with Gasteiger partial charge in [0.25, 0.3) is 0 Å². The average Bonchev–Trinajstić information content (AvgIpc) is 2.76. The maximum absolute atomic E-state index is 12.4. The van der Waals surface area contributed by atoms with E-state index in [9.17, 15) is 9.59 Å². The Balaban J connectivity index is 1.34. The maximum Gasteiger partial charge on any atom is 0.243 e. The van der Waals surface area contributed by atoms with Gasteiger partial charge < -0.3 is 25.3 Å². The van der Waals surface area contributed by atoms with Gasteiger partial charge in [-0.3, -0.25) is 9.59 Å². The van der Waals surface area contributed by atoms with Crippen molar-refractivity contribution in [2.24, 2.45) is 0 Å². The molecular weight excluding hydrogens is 384 g/mol. The van der Waals surface area contributed by atoms with E-state index in [0.717, 1.165) is 31.9 Å². The number of rotatable bonds is 3. The minimum Gasteiger partial charge on any atom is -0.368 e. The van der Waals surface area contributed by atoms with Crippen molar-refractivity contribution in [1.82, 2.24) is 25.2 Å². The van der Waals surface area contributed by atoms with Crippen LogP contribution in [-0.2, 0) is 4.79 Å². The number of likely N-dealkylation sites (N-methyl/N-ethyl adjacent to an activating group) is 1. The van der Waals surface area contributed by atoms with E-state index >= 15 is 0 Å². The lowest BCUT2D eigenvalue weighted by Crippen LogP contribution is -2.58. The fraction of sp³-hybridized carbons (Fsp3) is 0.450. The minimum atomic E-state index is -0.498. The van der Waals surface area contributed by atoms with Gasteiger partial charge in [-0.15, -0.1) is 0 Å². The quantitative estimate of drug-likeness (QED) is 0.739. The topological polar surface area (TPSA) is 107 Å². The number of carbonyl (C=O) groups excluding carboxylic acids is 2. The predicted octanol–water partition coefficient (Wildman–Crippen LogP) is 0.258. The third-order valence-corrected chi connectivity index (χ3v) is 5.91. The fourth-order valence-corrected chi connectivity index (χ4v) is 4.13. The van der Waals surface area contributed by atoms with E-state index in [0.29, 0.717) is 36.2 Å². The number of aromatic nitrogens is 3. The zero-order chi connectivity index (χ0) is 20.7. The Hall–Kier alpha value is -3.27. The Bertz CT molecular complexity index is 971. The zero-order valence-corrected chi connectivity index (χ0v) is 16.8. The van der Waals surface area contributed by atoms with Gasteiger partial charge in [0.05, 0.1) is 17.4 Å². The molecule has 0 bridgehead atoms. The lowest BCUT2D eigenvalue weighted by molar-refractivity contribution is -0.123. The first-order valence-corrected chi connectivity index (χ1v) is 10.2. The van der Waals surface area contributed by atoms with Gasteiger partial charge in [0.2, 0.25) is 11.9 Å². The summed E-state index contributed by atoms with van der Waals surface area (Å²) in [6.07, 6.45) is 3.54. The number of fused-ring (bicyclic) bond motifs is 3. The Morgan fingerprint density at radius 2 is 1.90 bits per heavy atom. The first-order valence-electron chi connectivity index (χ1n) is 10.2. The van der Waals surface area contributed by atoms with Crippen LogP contribution >= 0.6 is 0 Å². The van der Waals surface area contributed by atoms with Gasteiger partial charge in [0.15, 0.2) is 5.78 Å². The highest BCUT2D eigenvalue weighted by Gasteiger charge is 2.39. The Morgan fingerprint density at radius 3 is 2.67 bits per heavy atom. The van der Waals surface area contributed by atoms with Crippen molar-refractivity contribution in [3.05, 3.63) is 30.1 Å². The summed E-state index contributed by atoms with van der Waals surface area (Å²) in [6, 6.07) is 3.44. The summed E-state index contributed by atoms with van der Waals surface area (Å²) in [7, 11) is 2.13. The SMILES string of the molecule is CN1CCN(c2ccc(Nc3ncc4c(n3)N3CCNC(=O)C3CC4=O)nc2)CC1. The van der Waals surface area contributed by atoms with E-state index < -0.39 is 6.04 Å². The summed E-state index contributed by atoms with van der Waals surface area (Å²) >= 11 is 0. The van der Waals surface area contributed by atoms with E-state index in [4.69, 9.17) is 0 Å². The Kier molecular flexibility index (Phi) is 4.70. The summed E-state index contributed by atoms with van der Waals surface area (Å²) in [6.45, 7) is 5.19. The Morgan fingerprint density at radius 1 is 1.07 bits per heavy atom. The van der Waals surface area contributed by atoms with E-state index in [1.165, 1.54) is 6.20 Å². The number of hydrogen-bond acceptors (Lipinski definition) is 9. The van der Waals surface area contributed by atoms with Gasteiger partial charge in [-0.25, -0.2) is 9.97 Å². The number of pyridine rings is 1. The van der Waals surface area contributed by atoms with Gasteiger partial charge in [0, 0.05) is 51.9 Å². The largest absolute Gasteiger partial charge is 0.368 e. The second-order valence-electron chi connectivity index (χ2n) is 7.88. The molecule has 5 heterocycles. The number of amides is 1. The van der Waals surface area contributed by atoms with Gasteiger partial charge in [-0.05, 0) is 19.2 Å². The number of nitrogens with zero attached hydrogens (tertiary/aromatic N) is 6. The molecule has 0 aliphatic carbocycles. The van der Waals surface area contributed by atoms with Crippen molar-refractivity contribution in [3.63, 3.8) is 0 Å². The van der Waals surface area contributed by atoms with Crippen LogP contribution in [-0.4, -0.2) is 83.9 Å². The molecule has 156 valence electrons. The molecule has 0 aromatic carbocycles. The summed E-state index contributed by atoms with van der Waals surface area (Å²) in [5.74, 6) is 1.26. The lowest BCUT2D eigenvalue weighted by Gasteiger charge is -2.39. The number of nitrogens with one attached hydrogen (secondary N) is 2. The van der Waals surface area contributed by atoms with Crippen LogP contribution in [0.15, 0.2) is 24.5 Å². The van der Waals surface area contributed by atoms with Crippen LogP contribution in [0.2, 0.25) is 0 Å². The third kappa shape index (κ3) is 3.43. The minimum absolute atomic E-state index is 0.107. The van der Waals surface area contributed by atoms with Crippen LogP contribution in [0.3, 0.4) is 0 Å². The summed E-state index contributed by atoms with van der Waals surface area (Å²) in [5, 5.41) is 5.93. The molecule has 10 nitrogen and oxygen atoms in total. The molecule has 0 saturated carbocycles. The number of hydrogen-bond donors (Lipinski definition) is 2. The lowest BCUT2D eigenvalue weighted by atomic mass is 9.96. The maximum atomic E-state index is 12.4. The number of carbonyl (C=O) groups is 2. The van der Waals surface area contributed by atoms with E-state index in [2.05, 4.69) is 42.4 Å². The van der Waals surface area contributed by atoms with Crippen molar-refractivity contribution in [2.45, 2.75) is 12.5 Å². The second-order valence-corrected chi connectivity index (χ2v) is 7.88. The van der Waals surface area contributed by atoms with E-state index in [-0.39, 0.29) is 18.1 Å². The second kappa shape index (κ2) is 7.52. The predicted molar refractivity (Wildman–Crippen MR) is 112 cm³/mol. The average molecular weight is 408 g/mol. The van der Waals surface area contributed by atoms with E-state index in [1.807, 2.05) is 23.2 Å². The van der Waals surface area contributed by atoms with Crippen LogP contribution < -0.4 is 20.4 Å². The molecule has 2 saturated heterocycles. The molecular formula is C20H24N8O2. The molecule has 2 aromatic heterocycles. The smallest absolute Gasteiger partial charge is 0.243 e. The van der Waals surface area contributed by atoms with Gasteiger partial charge in [0.1, 0.15) is 17.7 Å². The van der Waals surface area contributed by atoms with Crippen LogP contribution in [0.25, 0.3) is 0 Å². The molecule has 0 radical (unpaired) electrons.